The molecule has 1 heterocycles. The van der Waals surface area contributed by atoms with E-state index in [1.54, 1.807) is 11.7 Å². The first-order valence-electron chi connectivity index (χ1n) is 9.37. The molecule has 0 bridgehead atoms. The van der Waals surface area contributed by atoms with E-state index in [1.165, 1.54) is 10.2 Å². The Bertz CT molecular complexity index is 1000. The van der Waals surface area contributed by atoms with Crippen molar-refractivity contribution in [1.29, 1.82) is 0 Å². The maximum absolute atomic E-state index is 12.8. The second kappa shape index (κ2) is 8.61. The molecule has 0 fully saturated rings. The monoisotopic (exact) mass is 379 g/mol. The maximum Gasteiger partial charge on any atom is 0.295 e. The number of carbonyl (C=O) groups is 1. The third-order valence-electron chi connectivity index (χ3n) is 4.75. The SMILES string of the molecule is CCc1ccc(OCCC(=O)Nc2c(C)n(C)n(-c3ccccc3)c2=O)cc1. The van der Waals surface area contributed by atoms with Crippen LogP contribution in [-0.2, 0) is 18.3 Å². The Balaban J connectivity index is 1.65. The first-order valence-corrected chi connectivity index (χ1v) is 9.37. The van der Waals surface area contributed by atoms with Crippen molar-refractivity contribution in [3.05, 3.63) is 76.2 Å². The molecule has 0 spiro atoms. The first kappa shape index (κ1) is 19.5. The van der Waals surface area contributed by atoms with Gasteiger partial charge in [-0.2, -0.15) is 0 Å². The first-order chi connectivity index (χ1) is 13.5. The van der Waals surface area contributed by atoms with Gasteiger partial charge in [-0.1, -0.05) is 37.3 Å². The van der Waals surface area contributed by atoms with Crippen LogP contribution >= 0.6 is 0 Å². The Morgan fingerprint density at radius 3 is 2.39 bits per heavy atom. The summed E-state index contributed by atoms with van der Waals surface area (Å²) in [6.45, 7) is 4.15. The molecule has 1 amide bonds. The second-order valence-electron chi connectivity index (χ2n) is 6.58. The zero-order chi connectivity index (χ0) is 20.1. The average molecular weight is 379 g/mol. The average Bonchev–Trinajstić information content (AvgIpc) is 2.92. The molecular weight excluding hydrogens is 354 g/mol. The molecule has 6 heteroatoms. The van der Waals surface area contributed by atoms with E-state index >= 15 is 0 Å². The maximum atomic E-state index is 12.8. The molecule has 3 rings (SSSR count). The minimum Gasteiger partial charge on any atom is -0.493 e. The molecule has 0 aliphatic rings. The van der Waals surface area contributed by atoms with E-state index in [1.807, 2.05) is 61.5 Å². The molecule has 0 saturated carbocycles. The van der Waals surface area contributed by atoms with E-state index in [-0.39, 0.29) is 24.5 Å². The van der Waals surface area contributed by atoms with Crippen molar-refractivity contribution < 1.29 is 9.53 Å². The van der Waals surface area contributed by atoms with E-state index in [0.717, 1.165) is 17.9 Å². The summed E-state index contributed by atoms with van der Waals surface area (Å²) >= 11 is 0. The number of ether oxygens (including phenoxy) is 1. The second-order valence-corrected chi connectivity index (χ2v) is 6.58. The molecule has 0 aliphatic carbocycles. The summed E-state index contributed by atoms with van der Waals surface area (Å²) in [4.78, 5) is 25.1. The fourth-order valence-electron chi connectivity index (χ4n) is 3.00. The number of hydrogen-bond donors (Lipinski definition) is 1. The molecule has 0 atom stereocenters. The molecule has 0 unspecified atom stereocenters. The number of amides is 1. The molecule has 0 saturated heterocycles. The van der Waals surface area contributed by atoms with Gasteiger partial charge in [-0.15, -0.1) is 0 Å². The van der Waals surface area contributed by atoms with E-state index in [2.05, 4.69) is 12.2 Å². The van der Waals surface area contributed by atoms with Crippen molar-refractivity contribution in [1.82, 2.24) is 9.36 Å². The number of rotatable bonds is 7. The van der Waals surface area contributed by atoms with Crippen LogP contribution in [0.1, 0.15) is 24.6 Å². The third kappa shape index (κ3) is 4.17. The van der Waals surface area contributed by atoms with Crippen LogP contribution in [0.15, 0.2) is 59.4 Å². The standard InChI is InChI=1S/C22H25N3O3/c1-4-17-10-12-19(13-11-17)28-15-14-20(26)23-21-16(2)24(3)25(22(21)27)18-8-6-5-7-9-18/h5-13H,4,14-15H2,1-3H3,(H,23,26). The van der Waals surface area contributed by atoms with Crippen molar-refractivity contribution in [3.8, 4) is 11.4 Å². The van der Waals surface area contributed by atoms with Crippen molar-refractivity contribution >= 4 is 11.6 Å². The van der Waals surface area contributed by atoms with Crippen molar-refractivity contribution in [2.45, 2.75) is 26.7 Å². The number of hydrogen-bond acceptors (Lipinski definition) is 3. The van der Waals surface area contributed by atoms with Crippen LogP contribution in [-0.4, -0.2) is 21.9 Å². The van der Waals surface area contributed by atoms with Gasteiger partial charge in [0.1, 0.15) is 11.4 Å². The summed E-state index contributed by atoms with van der Waals surface area (Å²) in [5.74, 6) is 0.475. The summed E-state index contributed by atoms with van der Waals surface area (Å²) < 4.78 is 8.90. The normalized spacial score (nSPS) is 10.7. The predicted molar refractivity (Wildman–Crippen MR) is 110 cm³/mol. The Labute approximate surface area is 164 Å². The number of anilines is 1. The molecule has 3 aromatic rings. The van der Waals surface area contributed by atoms with Gasteiger partial charge in [0.2, 0.25) is 5.91 Å². The van der Waals surface area contributed by atoms with Crippen LogP contribution in [0, 0.1) is 6.92 Å². The summed E-state index contributed by atoms with van der Waals surface area (Å²) in [5.41, 5.74) is 2.72. The number of para-hydroxylation sites is 1. The third-order valence-corrected chi connectivity index (χ3v) is 4.75. The lowest BCUT2D eigenvalue weighted by molar-refractivity contribution is -0.116. The van der Waals surface area contributed by atoms with Crippen molar-refractivity contribution in [2.75, 3.05) is 11.9 Å². The zero-order valence-corrected chi connectivity index (χ0v) is 16.4. The number of benzene rings is 2. The summed E-state index contributed by atoms with van der Waals surface area (Å²) in [6, 6.07) is 17.1. The van der Waals surface area contributed by atoms with E-state index in [4.69, 9.17) is 4.74 Å². The van der Waals surface area contributed by atoms with Gasteiger partial charge < -0.3 is 10.1 Å². The highest BCUT2D eigenvalue weighted by Gasteiger charge is 2.17. The van der Waals surface area contributed by atoms with Gasteiger partial charge in [0.05, 0.1) is 24.4 Å². The molecule has 6 nitrogen and oxygen atoms in total. The molecular formula is C22H25N3O3. The molecule has 0 radical (unpaired) electrons. The quantitative estimate of drug-likeness (QED) is 0.684. The lowest BCUT2D eigenvalue weighted by Crippen LogP contribution is -2.23. The number of nitrogens with one attached hydrogen (secondary N) is 1. The predicted octanol–water partition coefficient (Wildman–Crippen LogP) is 3.45. The number of carbonyl (C=O) groups excluding carboxylic acids is 1. The fourth-order valence-corrected chi connectivity index (χ4v) is 3.00. The largest absolute Gasteiger partial charge is 0.493 e. The summed E-state index contributed by atoms with van der Waals surface area (Å²) in [7, 11) is 1.79. The minimum absolute atomic E-state index is 0.161. The van der Waals surface area contributed by atoms with Crippen LogP contribution in [0.3, 0.4) is 0 Å². The summed E-state index contributed by atoms with van der Waals surface area (Å²) in [6.07, 6.45) is 1.13. The fraction of sp³-hybridized carbons (Fsp3) is 0.273. The van der Waals surface area contributed by atoms with Gasteiger partial charge >= 0.3 is 0 Å². The van der Waals surface area contributed by atoms with Crippen molar-refractivity contribution in [3.63, 3.8) is 0 Å². The van der Waals surface area contributed by atoms with Gasteiger partial charge in [0.25, 0.3) is 5.56 Å². The van der Waals surface area contributed by atoms with Crippen LogP contribution < -0.4 is 15.6 Å². The van der Waals surface area contributed by atoms with Crippen LogP contribution in [0.4, 0.5) is 5.69 Å². The zero-order valence-electron chi connectivity index (χ0n) is 16.4. The molecule has 146 valence electrons. The van der Waals surface area contributed by atoms with Crippen LogP contribution in [0.2, 0.25) is 0 Å². The Kier molecular flexibility index (Phi) is 5.99. The number of nitrogens with zero attached hydrogens (tertiary/aromatic N) is 2. The van der Waals surface area contributed by atoms with Crippen LogP contribution in [0.25, 0.3) is 5.69 Å². The Hall–Kier alpha value is -3.28. The van der Waals surface area contributed by atoms with Gasteiger partial charge in [0.15, 0.2) is 0 Å². The summed E-state index contributed by atoms with van der Waals surface area (Å²) in [5, 5.41) is 2.74. The molecule has 0 aliphatic heterocycles. The van der Waals surface area contributed by atoms with Gasteiger partial charge in [-0.25, -0.2) is 4.68 Å². The highest BCUT2D eigenvalue weighted by Crippen LogP contribution is 2.15. The van der Waals surface area contributed by atoms with Gasteiger partial charge in [-0.3, -0.25) is 14.3 Å². The van der Waals surface area contributed by atoms with E-state index in [0.29, 0.717) is 11.4 Å². The van der Waals surface area contributed by atoms with Gasteiger partial charge in [-0.05, 0) is 43.2 Å². The minimum atomic E-state index is -0.254. The van der Waals surface area contributed by atoms with Crippen molar-refractivity contribution in [2.24, 2.45) is 7.05 Å². The highest BCUT2D eigenvalue weighted by molar-refractivity contribution is 5.91. The van der Waals surface area contributed by atoms with Crippen LogP contribution in [0.5, 0.6) is 5.75 Å². The molecule has 1 aromatic heterocycles. The number of aryl methyl sites for hydroxylation is 1. The smallest absolute Gasteiger partial charge is 0.295 e. The number of aromatic nitrogens is 2. The van der Waals surface area contributed by atoms with Gasteiger partial charge in [0, 0.05) is 7.05 Å². The lowest BCUT2D eigenvalue weighted by atomic mass is 10.2. The highest BCUT2D eigenvalue weighted by atomic mass is 16.5. The van der Waals surface area contributed by atoms with E-state index < -0.39 is 0 Å². The Morgan fingerprint density at radius 1 is 1.07 bits per heavy atom. The lowest BCUT2D eigenvalue weighted by Gasteiger charge is -2.07. The van der Waals surface area contributed by atoms with E-state index in [9.17, 15) is 9.59 Å². The topological polar surface area (TPSA) is 65.3 Å². The molecule has 2 aromatic carbocycles. The molecule has 28 heavy (non-hydrogen) atoms. The Morgan fingerprint density at radius 2 is 1.75 bits per heavy atom. The molecule has 1 N–H and O–H groups in total.